The first kappa shape index (κ1) is 18.0. The monoisotopic (exact) mass is 340 g/mol. The highest BCUT2D eigenvalue weighted by molar-refractivity contribution is 7.99. The van der Waals surface area contributed by atoms with Crippen molar-refractivity contribution in [3.8, 4) is 0 Å². The van der Waals surface area contributed by atoms with E-state index >= 15 is 0 Å². The molecule has 0 aromatic carbocycles. The third kappa shape index (κ3) is 5.96. The highest BCUT2D eigenvalue weighted by Gasteiger charge is 2.27. The van der Waals surface area contributed by atoms with Crippen molar-refractivity contribution in [3.63, 3.8) is 0 Å². The molecule has 0 bridgehead atoms. The third-order valence-electron chi connectivity index (χ3n) is 3.44. The number of nitrogens with zero attached hydrogens (tertiary/aromatic N) is 3. The number of hydrogen-bond donors (Lipinski definition) is 1. The second kappa shape index (κ2) is 9.05. The van der Waals surface area contributed by atoms with Crippen molar-refractivity contribution in [2.24, 2.45) is 7.05 Å². The molecular formula is C15H24N4O3S. The van der Waals surface area contributed by atoms with Crippen LogP contribution in [0.1, 0.15) is 20.3 Å². The molecule has 1 aliphatic rings. The van der Waals surface area contributed by atoms with Gasteiger partial charge in [0, 0.05) is 13.7 Å². The molecule has 1 amide bonds. The van der Waals surface area contributed by atoms with Crippen molar-refractivity contribution in [2.45, 2.75) is 37.6 Å². The van der Waals surface area contributed by atoms with Gasteiger partial charge >= 0.3 is 0 Å². The Hall–Kier alpha value is -1.38. The lowest BCUT2D eigenvalue weighted by Gasteiger charge is -2.31. The molecule has 0 aliphatic carbocycles. The summed E-state index contributed by atoms with van der Waals surface area (Å²) in [4.78, 5) is 12.1. The maximum atomic E-state index is 12.1. The molecule has 1 aromatic rings. The Morgan fingerprint density at radius 1 is 1.61 bits per heavy atom. The minimum atomic E-state index is -0.109. The summed E-state index contributed by atoms with van der Waals surface area (Å²) < 4.78 is 13.1. The predicted octanol–water partition coefficient (Wildman–Crippen LogP) is 1.16. The fourth-order valence-electron chi connectivity index (χ4n) is 2.17. The zero-order valence-electron chi connectivity index (χ0n) is 13.8. The number of carbonyl (C=O) groups is 1. The van der Waals surface area contributed by atoms with Gasteiger partial charge in [0.15, 0.2) is 5.16 Å². The van der Waals surface area contributed by atoms with E-state index in [9.17, 15) is 4.79 Å². The molecule has 8 heteroatoms. The number of amides is 1. The van der Waals surface area contributed by atoms with Gasteiger partial charge in [0.2, 0.25) is 5.91 Å². The Morgan fingerprint density at radius 2 is 2.43 bits per heavy atom. The molecule has 0 unspecified atom stereocenters. The number of allylic oxidation sites excluding steroid dienone is 1. The van der Waals surface area contributed by atoms with Crippen LogP contribution in [0.5, 0.6) is 0 Å². The molecule has 1 saturated heterocycles. The van der Waals surface area contributed by atoms with E-state index in [-0.39, 0.29) is 18.1 Å². The number of aryl methyl sites for hydroxylation is 1. The first-order valence-corrected chi connectivity index (χ1v) is 8.63. The highest BCUT2D eigenvalue weighted by atomic mass is 32.2. The van der Waals surface area contributed by atoms with Gasteiger partial charge in [-0.1, -0.05) is 23.4 Å². The van der Waals surface area contributed by atoms with E-state index in [0.29, 0.717) is 25.6 Å². The zero-order chi connectivity index (χ0) is 16.7. The summed E-state index contributed by atoms with van der Waals surface area (Å²) in [6, 6.07) is -0.109. The lowest BCUT2D eigenvalue weighted by molar-refractivity contribution is -0.123. The number of carbonyl (C=O) groups excluding carboxylic acids is 1. The van der Waals surface area contributed by atoms with Crippen LogP contribution in [0.2, 0.25) is 0 Å². The van der Waals surface area contributed by atoms with E-state index < -0.39 is 0 Å². The van der Waals surface area contributed by atoms with E-state index in [2.05, 4.69) is 15.5 Å². The molecule has 0 saturated carbocycles. The van der Waals surface area contributed by atoms with Gasteiger partial charge in [0.25, 0.3) is 0 Å². The van der Waals surface area contributed by atoms with Crippen LogP contribution in [0, 0.1) is 0 Å². The summed E-state index contributed by atoms with van der Waals surface area (Å²) >= 11 is 1.36. The number of aromatic nitrogens is 3. The van der Waals surface area contributed by atoms with Crippen LogP contribution in [-0.2, 0) is 21.3 Å². The molecule has 1 aliphatic heterocycles. The molecule has 23 heavy (non-hydrogen) atoms. The standard InChI is InChI=1S/C15H24N4O3S/c1-11(2)4-7-22-13-5-6-21-8-12(13)17-14(20)9-23-15-18-16-10-19(15)3/h4,10,12-13H,5-9H2,1-3H3,(H,17,20)/t12-,13+/m1/s1. The molecule has 1 N–H and O–H groups in total. The molecule has 1 fully saturated rings. The van der Waals surface area contributed by atoms with E-state index in [1.54, 1.807) is 10.9 Å². The number of thioether (sulfide) groups is 1. The molecule has 7 nitrogen and oxygen atoms in total. The average Bonchev–Trinajstić information content (AvgIpc) is 2.92. The second-order valence-electron chi connectivity index (χ2n) is 5.70. The quantitative estimate of drug-likeness (QED) is 0.593. The fraction of sp³-hybridized carbons (Fsp3) is 0.667. The Balaban J connectivity index is 1.79. The van der Waals surface area contributed by atoms with Crippen molar-refractivity contribution in [1.82, 2.24) is 20.1 Å². The Labute approximate surface area is 140 Å². The number of nitrogens with one attached hydrogen (secondary N) is 1. The molecule has 128 valence electrons. The first-order valence-electron chi connectivity index (χ1n) is 7.65. The van der Waals surface area contributed by atoms with Crippen LogP contribution < -0.4 is 5.32 Å². The Bertz CT molecular complexity index is 543. The summed E-state index contributed by atoms with van der Waals surface area (Å²) in [6.07, 6.45) is 4.43. The van der Waals surface area contributed by atoms with Crippen LogP contribution in [0.25, 0.3) is 0 Å². The van der Waals surface area contributed by atoms with E-state index in [1.807, 2.05) is 27.0 Å². The van der Waals surface area contributed by atoms with Gasteiger partial charge in [-0.15, -0.1) is 10.2 Å². The molecular weight excluding hydrogens is 316 g/mol. The molecule has 2 atom stereocenters. The maximum Gasteiger partial charge on any atom is 0.230 e. The fourth-order valence-corrected chi connectivity index (χ4v) is 2.87. The topological polar surface area (TPSA) is 78.3 Å². The highest BCUT2D eigenvalue weighted by Crippen LogP contribution is 2.15. The van der Waals surface area contributed by atoms with Crippen molar-refractivity contribution < 1.29 is 14.3 Å². The van der Waals surface area contributed by atoms with Crippen molar-refractivity contribution >= 4 is 17.7 Å². The third-order valence-corrected chi connectivity index (χ3v) is 4.48. The van der Waals surface area contributed by atoms with Gasteiger partial charge in [-0.05, 0) is 20.3 Å². The van der Waals surface area contributed by atoms with Crippen LogP contribution in [-0.4, -0.2) is 58.4 Å². The summed E-state index contributed by atoms with van der Waals surface area (Å²) in [5.74, 6) is 0.244. The van der Waals surface area contributed by atoms with Crippen molar-refractivity contribution in [1.29, 1.82) is 0 Å². The van der Waals surface area contributed by atoms with Gasteiger partial charge in [-0.2, -0.15) is 0 Å². The summed E-state index contributed by atoms with van der Waals surface area (Å²) in [6.45, 7) is 5.79. The SMILES string of the molecule is CC(C)=CCO[C@H]1CCOC[C@H]1NC(=O)CSc1nncn1C. The van der Waals surface area contributed by atoms with E-state index in [4.69, 9.17) is 9.47 Å². The number of rotatable bonds is 7. The normalized spacial score (nSPS) is 21.0. The molecule has 0 radical (unpaired) electrons. The Kier molecular flexibility index (Phi) is 7.07. The van der Waals surface area contributed by atoms with Gasteiger partial charge in [-0.3, -0.25) is 4.79 Å². The Morgan fingerprint density at radius 3 is 3.13 bits per heavy atom. The zero-order valence-corrected chi connectivity index (χ0v) is 14.6. The number of hydrogen-bond acceptors (Lipinski definition) is 6. The van der Waals surface area contributed by atoms with Crippen molar-refractivity contribution in [2.75, 3.05) is 25.6 Å². The minimum absolute atomic E-state index is 0.0110. The van der Waals surface area contributed by atoms with Crippen LogP contribution in [0.3, 0.4) is 0 Å². The second-order valence-corrected chi connectivity index (χ2v) is 6.65. The number of ether oxygens (including phenoxy) is 2. The van der Waals surface area contributed by atoms with Gasteiger partial charge < -0.3 is 19.4 Å². The molecule has 2 rings (SSSR count). The lowest BCUT2D eigenvalue weighted by atomic mass is 10.1. The molecule has 0 spiro atoms. The minimum Gasteiger partial charge on any atom is -0.379 e. The lowest BCUT2D eigenvalue weighted by Crippen LogP contribution is -2.51. The molecule has 1 aromatic heterocycles. The van der Waals surface area contributed by atoms with Crippen molar-refractivity contribution in [3.05, 3.63) is 18.0 Å². The van der Waals surface area contributed by atoms with Gasteiger partial charge in [-0.25, -0.2) is 0 Å². The summed E-state index contributed by atoms with van der Waals surface area (Å²) in [5, 5.41) is 11.5. The van der Waals surface area contributed by atoms with E-state index in [1.165, 1.54) is 17.3 Å². The van der Waals surface area contributed by atoms with Crippen LogP contribution in [0.15, 0.2) is 23.1 Å². The molecule has 2 heterocycles. The summed E-state index contributed by atoms with van der Waals surface area (Å²) in [5.41, 5.74) is 1.22. The van der Waals surface area contributed by atoms with E-state index in [0.717, 1.165) is 11.6 Å². The smallest absolute Gasteiger partial charge is 0.230 e. The van der Waals surface area contributed by atoms with Crippen LogP contribution >= 0.6 is 11.8 Å². The predicted molar refractivity (Wildman–Crippen MR) is 88.3 cm³/mol. The van der Waals surface area contributed by atoms with Gasteiger partial charge in [0.05, 0.1) is 31.1 Å². The maximum absolute atomic E-state index is 12.1. The largest absolute Gasteiger partial charge is 0.379 e. The van der Waals surface area contributed by atoms with Gasteiger partial charge in [0.1, 0.15) is 6.33 Å². The summed E-state index contributed by atoms with van der Waals surface area (Å²) in [7, 11) is 1.85. The first-order chi connectivity index (χ1) is 11.1. The average molecular weight is 340 g/mol. The van der Waals surface area contributed by atoms with Crippen LogP contribution in [0.4, 0.5) is 0 Å².